The zero-order valence-electron chi connectivity index (χ0n) is 20.4. The number of carbonyl (C=O) groups is 1. The molecule has 190 valence electrons. The van der Waals surface area contributed by atoms with Crippen LogP contribution in [0.2, 0.25) is 0 Å². The summed E-state index contributed by atoms with van der Waals surface area (Å²) in [5.41, 5.74) is 3.90. The fourth-order valence-corrected chi connectivity index (χ4v) is 5.15. The number of carboxylic acids is 1. The molecule has 1 atom stereocenters. The number of fused-ring (bicyclic) bond motifs is 2. The number of H-pyrrole nitrogens is 1. The maximum absolute atomic E-state index is 12.4. The van der Waals surface area contributed by atoms with E-state index in [0.29, 0.717) is 19.7 Å². The van der Waals surface area contributed by atoms with E-state index in [4.69, 9.17) is 14.2 Å². The van der Waals surface area contributed by atoms with Gasteiger partial charge in [-0.1, -0.05) is 36.4 Å². The summed E-state index contributed by atoms with van der Waals surface area (Å²) in [7, 11) is 0. The Bertz CT molecular complexity index is 1400. The number of nitrogens with zero attached hydrogens (tertiary/aromatic N) is 2. The highest BCUT2D eigenvalue weighted by atomic mass is 16.7. The highest BCUT2D eigenvalue weighted by molar-refractivity contribution is 5.90. The normalized spacial score (nSPS) is 16.6. The predicted octanol–water partition coefficient (Wildman–Crippen LogP) is 4.42. The number of aromatic nitrogens is 1. The molecule has 4 aromatic rings. The molecular weight excluding hydrogens is 470 g/mol. The number of nitrogens with one attached hydrogen (secondary N) is 1. The van der Waals surface area contributed by atoms with Gasteiger partial charge in [0.15, 0.2) is 11.5 Å². The van der Waals surface area contributed by atoms with Crippen molar-refractivity contribution in [1.82, 2.24) is 14.8 Å². The van der Waals surface area contributed by atoms with Gasteiger partial charge in [-0.2, -0.15) is 0 Å². The highest BCUT2D eigenvalue weighted by Gasteiger charge is 2.32. The molecule has 37 heavy (non-hydrogen) atoms. The largest absolute Gasteiger partial charge is 0.489 e. The Morgan fingerprint density at radius 3 is 2.57 bits per heavy atom. The van der Waals surface area contributed by atoms with Gasteiger partial charge in [0.2, 0.25) is 6.79 Å². The van der Waals surface area contributed by atoms with Crippen LogP contribution in [0, 0.1) is 0 Å². The zero-order chi connectivity index (χ0) is 25.2. The van der Waals surface area contributed by atoms with E-state index < -0.39 is 12.0 Å². The minimum absolute atomic E-state index is 0.268. The van der Waals surface area contributed by atoms with Crippen LogP contribution in [0.15, 0.2) is 72.9 Å². The molecule has 0 radical (unpaired) electrons. The Balaban J connectivity index is 1.12. The minimum atomic E-state index is -0.838. The Labute approximate surface area is 215 Å². The summed E-state index contributed by atoms with van der Waals surface area (Å²) in [4.78, 5) is 20.1. The molecule has 3 aromatic carbocycles. The predicted molar refractivity (Wildman–Crippen MR) is 139 cm³/mol. The second-order valence-electron chi connectivity index (χ2n) is 9.47. The van der Waals surface area contributed by atoms with Gasteiger partial charge in [-0.15, -0.1) is 0 Å². The van der Waals surface area contributed by atoms with Gasteiger partial charge in [0, 0.05) is 61.5 Å². The first-order valence-corrected chi connectivity index (χ1v) is 12.5. The van der Waals surface area contributed by atoms with Crippen molar-refractivity contribution < 1.29 is 24.1 Å². The molecule has 6 rings (SSSR count). The van der Waals surface area contributed by atoms with Crippen molar-refractivity contribution in [2.75, 3.05) is 33.0 Å². The lowest BCUT2D eigenvalue weighted by molar-refractivity contribution is -0.144. The van der Waals surface area contributed by atoms with Gasteiger partial charge >= 0.3 is 5.97 Å². The van der Waals surface area contributed by atoms with Crippen molar-refractivity contribution >= 4 is 16.9 Å². The van der Waals surface area contributed by atoms with Gasteiger partial charge < -0.3 is 24.3 Å². The van der Waals surface area contributed by atoms with Gasteiger partial charge in [-0.05, 0) is 35.4 Å². The van der Waals surface area contributed by atoms with Crippen molar-refractivity contribution in [2.45, 2.75) is 19.2 Å². The third-order valence-electron chi connectivity index (χ3n) is 7.08. The first-order valence-electron chi connectivity index (χ1n) is 12.5. The first kappa shape index (κ1) is 23.4. The van der Waals surface area contributed by atoms with E-state index in [1.807, 2.05) is 66.9 Å². The van der Waals surface area contributed by atoms with Crippen LogP contribution in [0.4, 0.5) is 0 Å². The van der Waals surface area contributed by atoms with E-state index in [1.54, 1.807) is 0 Å². The molecule has 1 saturated heterocycles. The lowest BCUT2D eigenvalue weighted by Gasteiger charge is -2.37. The van der Waals surface area contributed by atoms with Gasteiger partial charge in [-0.25, -0.2) is 0 Å². The van der Waals surface area contributed by atoms with Crippen LogP contribution in [0.1, 0.15) is 22.7 Å². The number of hydrogen-bond acceptors (Lipinski definition) is 6. The molecular formula is C29H29N3O5. The van der Waals surface area contributed by atoms with E-state index in [0.717, 1.165) is 64.5 Å². The van der Waals surface area contributed by atoms with Crippen molar-refractivity contribution in [1.29, 1.82) is 0 Å². The zero-order valence-corrected chi connectivity index (χ0v) is 20.4. The number of piperazine rings is 1. The molecule has 8 nitrogen and oxygen atoms in total. The highest BCUT2D eigenvalue weighted by Crippen LogP contribution is 2.34. The van der Waals surface area contributed by atoms with Gasteiger partial charge in [0.25, 0.3) is 0 Å². The maximum Gasteiger partial charge on any atom is 0.325 e. The third kappa shape index (κ3) is 4.98. The first-order chi connectivity index (χ1) is 18.1. The second-order valence-corrected chi connectivity index (χ2v) is 9.47. The van der Waals surface area contributed by atoms with Crippen LogP contribution in [-0.2, 0) is 17.9 Å². The molecule has 1 aromatic heterocycles. The SMILES string of the molecule is O=C(O)C(c1c[nH]c2cc(OCc3ccccc3)ccc12)N1CCN(Cc2ccc3c(c2)OCO3)CC1. The summed E-state index contributed by atoms with van der Waals surface area (Å²) in [6, 6.07) is 21.1. The molecule has 2 aliphatic heterocycles. The third-order valence-corrected chi connectivity index (χ3v) is 7.08. The Morgan fingerprint density at radius 1 is 0.946 bits per heavy atom. The van der Waals surface area contributed by atoms with E-state index in [-0.39, 0.29) is 6.79 Å². The number of benzene rings is 3. The number of rotatable bonds is 8. The Hall–Kier alpha value is -4.01. The van der Waals surface area contributed by atoms with E-state index in [1.165, 1.54) is 0 Å². The standard InChI is InChI=1S/C29H29N3O5/c33-29(34)28(32-12-10-31(11-13-32)17-21-6-9-26-27(14-21)37-19-36-26)24-16-30-25-15-22(7-8-23(24)25)35-18-20-4-2-1-3-5-20/h1-9,14-16,28,30H,10-13,17-19H2,(H,33,34). The molecule has 0 amide bonds. The van der Waals surface area contributed by atoms with Crippen LogP contribution >= 0.6 is 0 Å². The summed E-state index contributed by atoms with van der Waals surface area (Å²) in [6.45, 7) is 4.47. The average molecular weight is 500 g/mol. The van der Waals surface area contributed by atoms with Crippen molar-refractivity contribution in [2.24, 2.45) is 0 Å². The van der Waals surface area contributed by atoms with Crippen molar-refractivity contribution in [3.8, 4) is 17.2 Å². The lowest BCUT2D eigenvalue weighted by Crippen LogP contribution is -2.48. The van der Waals surface area contributed by atoms with Crippen molar-refractivity contribution in [3.63, 3.8) is 0 Å². The summed E-state index contributed by atoms with van der Waals surface area (Å²) < 4.78 is 16.8. The monoisotopic (exact) mass is 499 g/mol. The molecule has 3 heterocycles. The van der Waals surface area contributed by atoms with Crippen LogP contribution in [0.3, 0.4) is 0 Å². The average Bonchev–Trinajstić information content (AvgIpc) is 3.56. The van der Waals surface area contributed by atoms with E-state index >= 15 is 0 Å². The Morgan fingerprint density at radius 2 is 1.76 bits per heavy atom. The number of aromatic amines is 1. The summed E-state index contributed by atoms with van der Waals surface area (Å²) >= 11 is 0. The van der Waals surface area contributed by atoms with Gasteiger partial charge in [-0.3, -0.25) is 14.6 Å². The Kier molecular flexibility index (Phi) is 6.42. The lowest BCUT2D eigenvalue weighted by atomic mass is 10.0. The van der Waals surface area contributed by atoms with Crippen molar-refractivity contribution in [3.05, 3.63) is 89.6 Å². The molecule has 2 N–H and O–H groups in total. The quantitative estimate of drug-likeness (QED) is 0.371. The summed E-state index contributed by atoms with van der Waals surface area (Å²) in [5, 5.41) is 11.1. The molecule has 8 heteroatoms. The van der Waals surface area contributed by atoms with E-state index in [2.05, 4.69) is 20.9 Å². The van der Waals surface area contributed by atoms with Crippen LogP contribution in [0.25, 0.3) is 10.9 Å². The van der Waals surface area contributed by atoms with Crippen LogP contribution in [-0.4, -0.2) is 58.8 Å². The molecule has 0 saturated carbocycles. The molecule has 2 aliphatic rings. The number of aliphatic carboxylic acids is 1. The van der Waals surface area contributed by atoms with Gasteiger partial charge in [0.05, 0.1) is 0 Å². The smallest absolute Gasteiger partial charge is 0.325 e. The van der Waals surface area contributed by atoms with E-state index in [9.17, 15) is 9.90 Å². The van der Waals surface area contributed by atoms with Gasteiger partial charge in [0.1, 0.15) is 18.4 Å². The molecule has 1 unspecified atom stereocenters. The summed E-state index contributed by atoms with van der Waals surface area (Å²) in [5.74, 6) is 1.48. The number of hydrogen-bond donors (Lipinski definition) is 2. The molecule has 0 aliphatic carbocycles. The molecule has 0 spiro atoms. The fraction of sp³-hybridized carbons (Fsp3) is 0.276. The topological polar surface area (TPSA) is 87.3 Å². The fourth-order valence-electron chi connectivity index (χ4n) is 5.15. The number of carboxylic acid groups (broad SMARTS) is 1. The van der Waals surface area contributed by atoms with Crippen LogP contribution < -0.4 is 14.2 Å². The maximum atomic E-state index is 12.4. The number of ether oxygens (including phenoxy) is 3. The summed E-state index contributed by atoms with van der Waals surface area (Å²) in [6.07, 6.45) is 1.82. The molecule has 0 bridgehead atoms. The minimum Gasteiger partial charge on any atom is -0.489 e. The second kappa shape index (κ2) is 10.2. The molecule has 1 fully saturated rings. The van der Waals surface area contributed by atoms with Crippen LogP contribution in [0.5, 0.6) is 17.2 Å².